The van der Waals surface area contributed by atoms with Crippen LogP contribution < -0.4 is 5.32 Å². The molecule has 126 valence electrons. The van der Waals surface area contributed by atoms with Gasteiger partial charge >= 0.3 is 0 Å². The second-order valence-electron chi connectivity index (χ2n) is 6.18. The molecule has 0 aliphatic carbocycles. The zero-order valence-corrected chi connectivity index (χ0v) is 13.8. The number of nitrogens with one attached hydrogen (secondary N) is 2. The summed E-state index contributed by atoms with van der Waals surface area (Å²) in [6, 6.07) is 6.30. The number of carbonyl (C=O) groups excluding carboxylic acids is 1. The van der Waals surface area contributed by atoms with Crippen LogP contribution in [0, 0.1) is 0 Å². The topological polar surface area (TPSA) is 73.9 Å². The summed E-state index contributed by atoms with van der Waals surface area (Å²) in [5, 5.41) is 4.56. The van der Waals surface area contributed by atoms with Crippen molar-refractivity contribution in [3.8, 4) is 11.1 Å². The molecule has 0 radical (unpaired) electrons. The third kappa shape index (κ3) is 2.98. The maximum Gasteiger partial charge on any atom is 0.246 e. The molecule has 1 amide bonds. The molecule has 6 nitrogen and oxygen atoms in total. The van der Waals surface area contributed by atoms with Gasteiger partial charge in [0.1, 0.15) is 5.65 Å². The van der Waals surface area contributed by atoms with Crippen LogP contribution in [0.1, 0.15) is 6.42 Å². The first-order valence-corrected chi connectivity index (χ1v) is 8.30. The second kappa shape index (κ2) is 6.39. The van der Waals surface area contributed by atoms with Crippen LogP contribution in [0.25, 0.3) is 22.2 Å². The summed E-state index contributed by atoms with van der Waals surface area (Å²) in [5.74, 6) is -0.0107. The van der Waals surface area contributed by atoms with E-state index in [9.17, 15) is 4.79 Å². The highest BCUT2D eigenvalue weighted by Gasteiger charge is 2.24. The highest BCUT2D eigenvalue weighted by molar-refractivity contribution is 5.95. The molecule has 1 saturated heterocycles. The summed E-state index contributed by atoms with van der Waals surface area (Å²) in [7, 11) is 0. The van der Waals surface area contributed by atoms with Crippen LogP contribution >= 0.6 is 0 Å². The first-order chi connectivity index (χ1) is 12.2. The van der Waals surface area contributed by atoms with Crippen molar-refractivity contribution in [2.75, 3.05) is 18.4 Å². The Balaban J connectivity index is 1.57. The molecule has 25 heavy (non-hydrogen) atoms. The molecule has 1 fully saturated rings. The molecule has 6 heteroatoms. The fraction of sp³-hybridized carbons (Fsp3) is 0.211. The highest BCUT2D eigenvalue weighted by Crippen LogP contribution is 2.29. The lowest BCUT2D eigenvalue weighted by Crippen LogP contribution is -2.30. The largest absolute Gasteiger partial charge is 0.379 e. The summed E-state index contributed by atoms with van der Waals surface area (Å²) in [6.07, 6.45) is 9.66. The average Bonchev–Trinajstić information content (AvgIpc) is 3.28. The summed E-state index contributed by atoms with van der Waals surface area (Å²) in [4.78, 5) is 25.3. The Labute approximate surface area is 145 Å². The fourth-order valence-corrected chi connectivity index (χ4v) is 3.30. The number of H-pyrrole nitrogens is 1. The normalized spacial score (nSPS) is 17.0. The van der Waals surface area contributed by atoms with Gasteiger partial charge in [-0.25, -0.2) is 4.98 Å². The van der Waals surface area contributed by atoms with E-state index in [-0.39, 0.29) is 11.9 Å². The number of likely N-dealkylation sites (tertiary alicyclic amines) is 1. The molecule has 0 spiro atoms. The van der Waals surface area contributed by atoms with Crippen molar-refractivity contribution >= 4 is 22.6 Å². The first kappa shape index (κ1) is 15.4. The number of fused-ring (bicyclic) bond motifs is 1. The van der Waals surface area contributed by atoms with Gasteiger partial charge < -0.3 is 15.2 Å². The minimum Gasteiger partial charge on any atom is -0.379 e. The lowest BCUT2D eigenvalue weighted by atomic mass is 10.1. The van der Waals surface area contributed by atoms with Crippen LogP contribution in [0.15, 0.2) is 55.6 Å². The third-order valence-electron chi connectivity index (χ3n) is 4.57. The van der Waals surface area contributed by atoms with Crippen LogP contribution in [-0.4, -0.2) is 44.9 Å². The van der Waals surface area contributed by atoms with Gasteiger partial charge in [0.05, 0.1) is 11.9 Å². The van der Waals surface area contributed by atoms with Crippen molar-refractivity contribution in [2.24, 2.45) is 0 Å². The Bertz CT molecular complexity index is 918. The van der Waals surface area contributed by atoms with Gasteiger partial charge in [-0.15, -0.1) is 0 Å². The number of aromatic amines is 1. The molecular formula is C19H19N5O. The zero-order chi connectivity index (χ0) is 17.2. The number of nitrogens with zero attached hydrogens (tertiary/aromatic N) is 3. The van der Waals surface area contributed by atoms with Gasteiger partial charge in [0.15, 0.2) is 0 Å². The van der Waals surface area contributed by atoms with Crippen LogP contribution in [-0.2, 0) is 4.79 Å². The SMILES string of the molecule is C=CC(=O)N1CC[C@H](Nc2cnc3[nH]cc(-c4ccncc4)c3c2)C1. The number of anilines is 1. The Hall–Kier alpha value is -3.15. The molecule has 1 atom stereocenters. The average molecular weight is 333 g/mol. The van der Waals surface area contributed by atoms with Crippen molar-refractivity contribution in [3.63, 3.8) is 0 Å². The maximum atomic E-state index is 11.7. The van der Waals surface area contributed by atoms with Gasteiger partial charge in [0.25, 0.3) is 0 Å². The molecule has 1 aliphatic rings. The van der Waals surface area contributed by atoms with Crippen LogP contribution in [0.4, 0.5) is 5.69 Å². The summed E-state index contributed by atoms with van der Waals surface area (Å²) in [5.41, 5.74) is 4.01. The van der Waals surface area contributed by atoms with E-state index in [4.69, 9.17) is 0 Å². The Morgan fingerprint density at radius 1 is 1.40 bits per heavy atom. The molecule has 3 aromatic rings. The van der Waals surface area contributed by atoms with Gasteiger partial charge in [0, 0.05) is 48.7 Å². The molecule has 0 bridgehead atoms. The van der Waals surface area contributed by atoms with Crippen molar-refractivity contribution in [3.05, 3.63) is 55.6 Å². The monoisotopic (exact) mass is 333 g/mol. The van der Waals surface area contributed by atoms with Gasteiger partial charge in [-0.1, -0.05) is 6.58 Å². The number of aromatic nitrogens is 3. The fourth-order valence-electron chi connectivity index (χ4n) is 3.30. The predicted molar refractivity (Wildman–Crippen MR) is 98.1 cm³/mol. The Morgan fingerprint density at radius 2 is 2.24 bits per heavy atom. The van der Waals surface area contributed by atoms with Crippen molar-refractivity contribution < 1.29 is 4.79 Å². The van der Waals surface area contributed by atoms with Gasteiger partial charge in [-0.05, 0) is 36.3 Å². The van der Waals surface area contributed by atoms with E-state index in [1.54, 1.807) is 12.4 Å². The Morgan fingerprint density at radius 3 is 3.04 bits per heavy atom. The molecular weight excluding hydrogens is 314 g/mol. The predicted octanol–water partition coefficient (Wildman–Crippen LogP) is 2.82. The van der Waals surface area contributed by atoms with E-state index in [0.29, 0.717) is 6.54 Å². The number of hydrogen-bond acceptors (Lipinski definition) is 4. The van der Waals surface area contributed by atoms with Crippen LogP contribution in [0.5, 0.6) is 0 Å². The van der Waals surface area contributed by atoms with E-state index < -0.39 is 0 Å². The molecule has 2 N–H and O–H groups in total. The number of hydrogen-bond donors (Lipinski definition) is 2. The molecule has 0 saturated carbocycles. The quantitative estimate of drug-likeness (QED) is 0.720. The van der Waals surface area contributed by atoms with Gasteiger partial charge in [-0.2, -0.15) is 0 Å². The summed E-state index contributed by atoms with van der Waals surface area (Å²) >= 11 is 0. The number of rotatable bonds is 4. The number of carbonyl (C=O) groups is 1. The first-order valence-electron chi connectivity index (χ1n) is 8.30. The van der Waals surface area contributed by atoms with E-state index in [0.717, 1.165) is 40.8 Å². The summed E-state index contributed by atoms with van der Waals surface area (Å²) < 4.78 is 0. The zero-order valence-electron chi connectivity index (χ0n) is 13.8. The molecule has 1 aliphatic heterocycles. The van der Waals surface area contributed by atoms with E-state index in [2.05, 4.69) is 32.9 Å². The minimum atomic E-state index is -0.0107. The molecule has 3 aromatic heterocycles. The minimum absolute atomic E-state index is 0.0107. The third-order valence-corrected chi connectivity index (χ3v) is 4.57. The Kier molecular flexibility index (Phi) is 3.93. The second-order valence-corrected chi connectivity index (χ2v) is 6.18. The van der Waals surface area contributed by atoms with Gasteiger partial charge in [0.2, 0.25) is 5.91 Å². The van der Waals surface area contributed by atoms with E-state index in [1.165, 1.54) is 6.08 Å². The standard InChI is InChI=1S/C19H19N5O/c1-2-18(25)24-8-5-14(12-24)23-15-9-16-17(11-22-19(16)21-10-15)13-3-6-20-7-4-13/h2-4,6-7,9-11,14,23H,1,5,8,12H2,(H,21,22)/t14-/m0/s1. The van der Waals surface area contributed by atoms with Crippen molar-refractivity contribution in [2.45, 2.75) is 12.5 Å². The molecule has 0 aromatic carbocycles. The van der Waals surface area contributed by atoms with Crippen molar-refractivity contribution in [1.82, 2.24) is 19.9 Å². The number of amides is 1. The molecule has 4 rings (SSSR count). The van der Waals surface area contributed by atoms with Crippen molar-refractivity contribution in [1.29, 1.82) is 0 Å². The molecule has 0 unspecified atom stereocenters. The van der Waals surface area contributed by atoms with Crippen LogP contribution in [0.3, 0.4) is 0 Å². The number of pyridine rings is 2. The molecule has 4 heterocycles. The smallest absolute Gasteiger partial charge is 0.246 e. The van der Waals surface area contributed by atoms with E-state index in [1.807, 2.05) is 29.4 Å². The van der Waals surface area contributed by atoms with Crippen LogP contribution in [0.2, 0.25) is 0 Å². The maximum absolute atomic E-state index is 11.7. The van der Waals surface area contributed by atoms with Gasteiger partial charge in [-0.3, -0.25) is 9.78 Å². The lowest BCUT2D eigenvalue weighted by molar-refractivity contribution is -0.125. The lowest BCUT2D eigenvalue weighted by Gasteiger charge is -2.16. The summed E-state index contributed by atoms with van der Waals surface area (Å²) in [6.45, 7) is 4.99. The van der Waals surface area contributed by atoms with E-state index >= 15 is 0 Å². The highest BCUT2D eigenvalue weighted by atomic mass is 16.2.